The van der Waals surface area contributed by atoms with Gasteiger partial charge >= 0.3 is 0 Å². The Morgan fingerprint density at radius 2 is 1.94 bits per heavy atom. The predicted molar refractivity (Wildman–Crippen MR) is 133 cm³/mol. The van der Waals surface area contributed by atoms with Gasteiger partial charge < -0.3 is 20.4 Å². The number of guanidine groups is 1. The topological polar surface area (TPSA) is 85.8 Å². The average Bonchev–Trinajstić information content (AvgIpc) is 3.25. The molecule has 2 N–H and O–H groups in total. The molecule has 0 radical (unpaired) electrons. The van der Waals surface area contributed by atoms with Gasteiger partial charge in [-0.2, -0.15) is 4.37 Å². The summed E-state index contributed by atoms with van der Waals surface area (Å²) in [6.45, 7) is 8.04. The van der Waals surface area contributed by atoms with Crippen LogP contribution in [-0.2, 0) is 6.42 Å². The Bertz CT molecular complexity index is 899. The zero-order valence-corrected chi connectivity index (χ0v) is 21.2. The Morgan fingerprint density at radius 3 is 2.55 bits per heavy atom. The number of nitrogens with zero attached hydrogens (tertiary/aromatic N) is 5. The van der Waals surface area contributed by atoms with E-state index in [1.165, 1.54) is 17.6 Å². The summed E-state index contributed by atoms with van der Waals surface area (Å²) in [5, 5.41) is 7.05. The molecule has 3 rings (SSSR count). The number of hydrogen-bond acceptors (Lipinski definition) is 6. The molecule has 11 heteroatoms. The lowest BCUT2D eigenvalue weighted by atomic mass is 10.1. The van der Waals surface area contributed by atoms with Crippen LogP contribution in [0.4, 0.5) is 9.52 Å². The van der Waals surface area contributed by atoms with Crippen LogP contribution in [0.1, 0.15) is 28.7 Å². The van der Waals surface area contributed by atoms with Crippen LogP contribution in [0.2, 0.25) is 0 Å². The highest BCUT2D eigenvalue weighted by atomic mass is 127. The molecule has 1 aliphatic rings. The average molecular weight is 561 g/mol. The van der Waals surface area contributed by atoms with Gasteiger partial charge in [0.05, 0.1) is 0 Å². The maximum atomic E-state index is 13.6. The van der Waals surface area contributed by atoms with Crippen molar-refractivity contribution < 1.29 is 9.18 Å². The quantitative estimate of drug-likeness (QED) is 0.244. The van der Waals surface area contributed by atoms with Crippen molar-refractivity contribution in [2.75, 3.05) is 51.2 Å². The molecule has 2 aromatic rings. The van der Waals surface area contributed by atoms with Crippen LogP contribution in [0, 0.1) is 12.7 Å². The highest BCUT2D eigenvalue weighted by Crippen LogP contribution is 2.19. The third kappa shape index (κ3) is 6.73. The lowest BCUT2D eigenvalue weighted by molar-refractivity contribution is 0.0953. The number of piperazine rings is 1. The minimum Gasteiger partial charge on any atom is -0.354 e. The maximum Gasteiger partial charge on any atom is 0.251 e. The van der Waals surface area contributed by atoms with E-state index in [1.807, 2.05) is 0 Å². The Labute approximate surface area is 203 Å². The van der Waals surface area contributed by atoms with E-state index in [-0.39, 0.29) is 35.7 Å². The number of rotatable bonds is 6. The molecule has 1 fully saturated rings. The minimum absolute atomic E-state index is 0. The Balaban J connectivity index is 0.00000341. The van der Waals surface area contributed by atoms with E-state index < -0.39 is 0 Å². The van der Waals surface area contributed by atoms with E-state index >= 15 is 0 Å². The summed E-state index contributed by atoms with van der Waals surface area (Å²) in [6.07, 6.45) is 0.850. The zero-order valence-electron chi connectivity index (χ0n) is 18.0. The maximum absolute atomic E-state index is 13.6. The lowest BCUT2D eigenvalue weighted by Crippen LogP contribution is -2.53. The fourth-order valence-corrected chi connectivity index (χ4v) is 3.95. The summed E-state index contributed by atoms with van der Waals surface area (Å²) >= 11 is 1.45. The van der Waals surface area contributed by atoms with Gasteiger partial charge in [0.25, 0.3) is 5.91 Å². The van der Waals surface area contributed by atoms with Crippen LogP contribution in [0.5, 0.6) is 0 Å². The van der Waals surface area contributed by atoms with Gasteiger partial charge in [0, 0.05) is 69.8 Å². The van der Waals surface area contributed by atoms with Crippen LogP contribution in [0.25, 0.3) is 0 Å². The van der Waals surface area contributed by atoms with Crippen LogP contribution in [-0.4, -0.2) is 72.4 Å². The van der Waals surface area contributed by atoms with Crippen LogP contribution in [0.3, 0.4) is 0 Å². The first-order chi connectivity index (χ1) is 14.5. The number of anilines is 1. The Kier molecular flexibility index (Phi) is 9.88. The molecule has 1 aromatic heterocycles. The fourth-order valence-electron chi connectivity index (χ4n) is 3.15. The van der Waals surface area contributed by atoms with E-state index in [9.17, 15) is 9.18 Å². The van der Waals surface area contributed by atoms with Crippen LogP contribution in [0.15, 0.2) is 23.2 Å². The van der Waals surface area contributed by atoms with Gasteiger partial charge in [-0.25, -0.2) is 9.37 Å². The highest BCUT2D eigenvalue weighted by Gasteiger charge is 2.22. The molecule has 1 aliphatic heterocycles. The van der Waals surface area contributed by atoms with Crippen molar-refractivity contribution >= 4 is 52.5 Å². The van der Waals surface area contributed by atoms with E-state index in [4.69, 9.17) is 0 Å². The van der Waals surface area contributed by atoms with Crippen molar-refractivity contribution in [3.63, 3.8) is 0 Å². The van der Waals surface area contributed by atoms with Crippen LogP contribution >= 0.6 is 35.5 Å². The van der Waals surface area contributed by atoms with Gasteiger partial charge in [-0.1, -0.05) is 13.0 Å². The summed E-state index contributed by atoms with van der Waals surface area (Å²) in [6, 6.07) is 4.49. The second-order valence-electron chi connectivity index (χ2n) is 7.01. The van der Waals surface area contributed by atoms with Crippen molar-refractivity contribution in [1.82, 2.24) is 24.9 Å². The molecule has 8 nitrogen and oxygen atoms in total. The van der Waals surface area contributed by atoms with Gasteiger partial charge in [-0.05, 0) is 24.6 Å². The van der Waals surface area contributed by atoms with Gasteiger partial charge in [-0.15, -0.1) is 24.0 Å². The Hall–Kier alpha value is -2.02. The summed E-state index contributed by atoms with van der Waals surface area (Å²) in [4.78, 5) is 25.5. The second-order valence-corrected chi connectivity index (χ2v) is 7.74. The fraction of sp³-hybridized carbons (Fsp3) is 0.500. The number of carbonyl (C=O) groups is 1. The number of aliphatic imine (C=N–C) groups is 1. The smallest absolute Gasteiger partial charge is 0.251 e. The number of benzene rings is 1. The molecule has 31 heavy (non-hydrogen) atoms. The molecule has 2 heterocycles. The van der Waals surface area contributed by atoms with Crippen molar-refractivity contribution in [3.8, 4) is 0 Å². The normalized spacial score (nSPS) is 14.3. The third-order valence-corrected chi connectivity index (χ3v) is 5.78. The first-order valence-corrected chi connectivity index (χ1v) is 10.9. The molecule has 0 bridgehead atoms. The minimum atomic E-state index is -0.375. The highest BCUT2D eigenvalue weighted by molar-refractivity contribution is 14.0. The molecule has 170 valence electrons. The number of aryl methyl sites for hydroxylation is 2. The molecule has 1 amide bonds. The van der Waals surface area contributed by atoms with E-state index in [2.05, 4.69) is 41.7 Å². The Morgan fingerprint density at radius 1 is 1.23 bits per heavy atom. The molecule has 1 aromatic carbocycles. The first kappa shape index (κ1) is 25.2. The second kappa shape index (κ2) is 12.1. The summed E-state index contributed by atoms with van der Waals surface area (Å²) in [5.74, 6) is 1.03. The third-order valence-electron chi connectivity index (χ3n) is 4.96. The SMILES string of the molecule is CCc1nsc(N2CCN(C(=NC)NCCNC(=O)c3ccc(C)c(F)c3)CC2)n1.I. The van der Waals surface area contributed by atoms with E-state index in [0.29, 0.717) is 24.2 Å². The van der Waals surface area contributed by atoms with Crippen LogP contribution < -0.4 is 15.5 Å². The van der Waals surface area contributed by atoms with Gasteiger partial charge in [-0.3, -0.25) is 9.79 Å². The van der Waals surface area contributed by atoms with Gasteiger partial charge in [0.1, 0.15) is 11.6 Å². The summed E-state index contributed by atoms with van der Waals surface area (Å²) in [5.41, 5.74) is 0.843. The molecule has 0 atom stereocenters. The largest absolute Gasteiger partial charge is 0.354 e. The monoisotopic (exact) mass is 561 g/mol. The van der Waals surface area contributed by atoms with E-state index in [0.717, 1.165) is 49.5 Å². The standard InChI is InChI=1S/C20H28FN7OS.HI/c1-4-17-25-20(30-26-17)28-11-9-27(10-12-28)19(22-3)24-8-7-23-18(29)15-6-5-14(2)16(21)13-15;/h5-6,13H,4,7-12H2,1-3H3,(H,22,24)(H,23,29);1H. The van der Waals surface area contributed by atoms with E-state index in [1.54, 1.807) is 26.1 Å². The summed E-state index contributed by atoms with van der Waals surface area (Å²) in [7, 11) is 1.75. The molecular formula is C20H29FIN7OS. The number of halogens is 2. The lowest BCUT2D eigenvalue weighted by Gasteiger charge is -2.36. The van der Waals surface area contributed by atoms with Crippen molar-refractivity contribution in [1.29, 1.82) is 0 Å². The number of hydrogen-bond donors (Lipinski definition) is 2. The zero-order chi connectivity index (χ0) is 21.5. The van der Waals surface area contributed by atoms with Crippen molar-refractivity contribution in [2.24, 2.45) is 4.99 Å². The molecular weight excluding hydrogens is 532 g/mol. The molecule has 1 saturated heterocycles. The van der Waals surface area contributed by atoms with Crippen molar-refractivity contribution in [2.45, 2.75) is 20.3 Å². The van der Waals surface area contributed by atoms with Gasteiger partial charge in [0.2, 0.25) is 5.13 Å². The number of nitrogens with one attached hydrogen (secondary N) is 2. The molecule has 0 spiro atoms. The molecule has 0 unspecified atom stereocenters. The van der Waals surface area contributed by atoms with Gasteiger partial charge in [0.15, 0.2) is 5.96 Å². The summed E-state index contributed by atoms with van der Waals surface area (Å²) < 4.78 is 18.0. The molecule has 0 aliphatic carbocycles. The molecule has 0 saturated carbocycles. The first-order valence-electron chi connectivity index (χ1n) is 10.1. The predicted octanol–water partition coefficient (Wildman–Crippen LogP) is 2.29. The number of aromatic nitrogens is 2. The number of amides is 1. The number of carbonyl (C=O) groups excluding carboxylic acids is 1. The van der Waals surface area contributed by atoms with Crippen molar-refractivity contribution in [3.05, 3.63) is 41.0 Å².